The lowest BCUT2D eigenvalue weighted by Gasteiger charge is -2.20. The van der Waals surface area contributed by atoms with Gasteiger partial charge in [-0.05, 0) is 85.7 Å². The van der Waals surface area contributed by atoms with E-state index in [1.54, 1.807) is 0 Å². The zero-order valence-corrected chi connectivity index (χ0v) is 22.6. The molecule has 40 heavy (non-hydrogen) atoms. The van der Waals surface area contributed by atoms with Gasteiger partial charge in [0, 0.05) is 0 Å². The minimum absolute atomic E-state index is 0.567. The Bertz CT molecular complexity index is 1810. The number of hydrogen-bond acceptors (Lipinski definition) is 0. The van der Waals surface area contributed by atoms with Crippen molar-refractivity contribution in [3.63, 3.8) is 0 Å². The molecule has 1 aliphatic rings. The molecule has 6 aromatic carbocycles. The van der Waals surface area contributed by atoms with Gasteiger partial charge in [-0.15, -0.1) is 0 Å². The Morgan fingerprint density at radius 1 is 0.525 bits per heavy atom. The summed E-state index contributed by atoms with van der Waals surface area (Å²) in [6.45, 7) is 0. The molecule has 0 heterocycles. The lowest BCUT2D eigenvalue weighted by Crippen LogP contribution is -2.02. The van der Waals surface area contributed by atoms with Crippen molar-refractivity contribution in [3.8, 4) is 22.3 Å². The van der Waals surface area contributed by atoms with Crippen LogP contribution in [0.5, 0.6) is 0 Å². The average Bonchev–Trinajstić information content (AvgIpc) is 3.01. The molecule has 1 unspecified atom stereocenters. The standard InChI is InChI=1S/C40H32/c1-3-14-29(15-4-1)26-31-18-13-20-33(28-31)39-35-22-9-11-24-37(35)40(38-25-12-10-23-36(38)39)34-21-8-7-19-32(34)27-30-16-5-2-6-17-30/h1-14,16-25,28-29H,15,26-27H2. The summed E-state index contributed by atoms with van der Waals surface area (Å²) >= 11 is 0. The van der Waals surface area contributed by atoms with E-state index in [0.29, 0.717) is 5.92 Å². The molecule has 6 aromatic rings. The monoisotopic (exact) mass is 512 g/mol. The third-order valence-electron chi connectivity index (χ3n) is 8.24. The fourth-order valence-electron chi connectivity index (χ4n) is 6.40. The van der Waals surface area contributed by atoms with Gasteiger partial charge in [0.15, 0.2) is 0 Å². The maximum atomic E-state index is 2.42. The second-order valence-electron chi connectivity index (χ2n) is 10.9. The molecule has 0 spiro atoms. The smallest absolute Gasteiger partial charge is 0.00196 e. The van der Waals surface area contributed by atoms with Crippen LogP contribution in [0.4, 0.5) is 0 Å². The Morgan fingerprint density at radius 2 is 1.15 bits per heavy atom. The third kappa shape index (κ3) is 4.67. The predicted octanol–water partition coefficient (Wildman–Crippen LogP) is 10.6. The van der Waals surface area contributed by atoms with E-state index in [1.807, 2.05) is 0 Å². The van der Waals surface area contributed by atoms with Gasteiger partial charge in [0.2, 0.25) is 0 Å². The quantitative estimate of drug-likeness (QED) is 0.195. The zero-order chi connectivity index (χ0) is 26.7. The highest BCUT2D eigenvalue weighted by molar-refractivity contribution is 6.21. The van der Waals surface area contributed by atoms with Crippen LogP contribution < -0.4 is 0 Å². The summed E-state index contributed by atoms with van der Waals surface area (Å²) in [5.41, 5.74) is 9.36. The van der Waals surface area contributed by atoms with Crippen molar-refractivity contribution >= 4 is 21.5 Å². The van der Waals surface area contributed by atoms with Crippen LogP contribution in [0.15, 0.2) is 152 Å². The van der Waals surface area contributed by atoms with Crippen molar-refractivity contribution in [1.29, 1.82) is 0 Å². The Morgan fingerprint density at radius 3 is 1.85 bits per heavy atom. The molecule has 1 aliphatic carbocycles. The summed E-state index contributed by atoms with van der Waals surface area (Å²) in [5, 5.41) is 5.23. The summed E-state index contributed by atoms with van der Waals surface area (Å²) in [6, 6.07) is 46.9. The van der Waals surface area contributed by atoms with E-state index in [9.17, 15) is 0 Å². The van der Waals surface area contributed by atoms with Gasteiger partial charge in [-0.1, -0.05) is 152 Å². The van der Waals surface area contributed by atoms with Crippen molar-refractivity contribution in [1.82, 2.24) is 0 Å². The summed E-state index contributed by atoms with van der Waals surface area (Å²) in [7, 11) is 0. The molecule has 0 N–H and O–H groups in total. The van der Waals surface area contributed by atoms with Gasteiger partial charge in [-0.3, -0.25) is 0 Å². The van der Waals surface area contributed by atoms with Gasteiger partial charge < -0.3 is 0 Å². The van der Waals surface area contributed by atoms with Crippen LogP contribution in [0.3, 0.4) is 0 Å². The highest BCUT2D eigenvalue weighted by atomic mass is 14.2. The van der Waals surface area contributed by atoms with E-state index < -0.39 is 0 Å². The molecule has 0 heteroatoms. The van der Waals surface area contributed by atoms with E-state index in [4.69, 9.17) is 0 Å². The molecule has 0 amide bonds. The van der Waals surface area contributed by atoms with Crippen molar-refractivity contribution in [2.75, 3.05) is 0 Å². The molecule has 0 fully saturated rings. The fourth-order valence-corrected chi connectivity index (χ4v) is 6.40. The SMILES string of the molecule is C1=CCC(Cc2cccc(-c3c4ccccc4c(-c4ccccc4Cc4ccccc4)c4ccccc34)c2)C=C1. The molecule has 0 saturated carbocycles. The van der Waals surface area contributed by atoms with Crippen LogP contribution >= 0.6 is 0 Å². The van der Waals surface area contributed by atoms with Crippen LogP contribution in [0.2, 0.25) is 0 Å². The summed E-state index contributed by atoms with van der Waals surface area (Å²) in [6.07, 6.45) is 12.1. The first-order valence-electron chi connectivity index (χ1n) is 14.3. The van der Waals surface area contributed by atoms with Crippen LogP contribution in [0, 0.1) is 5.92 Å². The highest BCUT2D eigenvalue weighted by Crippen LogP contribution is 2.44. The van der Waals surface area contributed by atoms with Crippen molar-refractivity contribution < 1.29 is 0 Å². The Hall–Kier alpha value is -4.68. The van der Waals surface area contributed by atoms with Crippen LogP contribution in [0.1, 0.15) is 23.1 Å². The maximum Gasteiger partial charge on any atom is -0.00196 e. The minimum Gasteiger partial charge on any atom is -0.0840 e. The van der Waals surface area contributed by atoms with Gasteiger partial charge in [0.25, 0.3) is 0 Å². The van der Waals surface area contributed by atoms with Crippen molar-refractivity contribution in [2.45, 2.75) is 19.3 Å². The normalized spacial score (nSPS) is 14.7. The molecule has 0 aliphatic heterocycles. The van der Waals surface area contributed by atoms with Gasteiger partial charge in [-0.25, -0.2) is 0 Å². The predicted molar refractivity (Wildman–Crippen MR) is 172 cm³/mol. The van der Waals surface area contributed by atoms with Crippen LogP contribution in [0.25, 0.3) is 43.8 Å². The van der Waals surface area contributed by atoms with Crippen LogP contribution in [-0.2, 0) is 12.8 Å². The third-order valence-corrected chi connectivity index (χ3v) is 8.24. The second-order valence-corrected chi connectivity index (χ2v) is 10.9. The van der Waals surface area contributed by atoms with E-state index in [-0.39, 0.29) is 0 Å². The molecule has 0 aromatic heterocycles. The fraction of sp³-hybridized carbons (Fsp3) is 0.100. The van der Waals surface area contributed by atoms with E-state index in [1.165, 1.54) is 60.5 Å². The second kappa shape index (κ2) is 10.8. The van der Waals surface area contributed by atoms with E-state index >= 15 is 0 Å². The molecule has 1 atom stereocenters. The minimum atomic E-state index is 0.567. The number of hydrogen-bond donors (Lipinski definition) is 0. The molecule has 192 valence electrons. The molecule has 0 bridgehead atoms. The van der Waals surface area contributed by atoms with Gasteiger partial charge in [0.1, 0.15) is 0 Å². The number of rotatable bonds is 6. The summed E-state index contributed by atoms with van der Waals surface area (Å²) < 4.78 is 0. The van der Waals surface area contributed by atoms with Gasteiger partial charge in [0.05, 0.1) is 0 Å². The first kappa shape index (κ1) is 24.4. The van der Waals surface area contributed by atoms with Crippen LogP contribution in [-0.4, -0.2) is 0 Å². The lowest BCUT2D eigenvalue weighted by atomic mass is 9.83. The average molecular weight is 513 g/mol. The Labute approximate surface area is 237 Å². The number of fused-ring (bicyclic) bond motifs is 2. The molecule has 7 rings (SSSR count). The molecule has 0 saturated heterocycles. The van der Waals surface area contributed by atoms with E-state index in [2.05, 4.69) is 152 Å². The summed E-state index contributed by atoms with van der Waals surface area (Å²) in [4.78, 5) is 0. The highest BCUT2D eigenvalue weighted by Gasteiger charge is 2.18. The molecule has 0 nitrogen and oxygen atoms in total. The first-order valence-corrected chi connectivity index (χ1v) is 14.3. The molecule has 0 radical (unpaired) electrons. The maximum absolute atomic E-state index is 2.42. The van der Waals surface area contributed by atoms with Crippen molar-refractivity contribution in [2.24, 2.45) is 5.92 Å². The largest absolute Gasteiger partial charge is 0.0840 e. The van der Waals surface area contributed by atoms with Gasteiger partial charge >= 0.3 is 0 Å². The number of benzene rings is 6. The number of allylic oxidation sites excluding steroid dienone is 4. The molecular weight excluding hydrogens is 480 g/mol. The lowest BCUT2D eigenvalue weighted by molar-refractivity contribution is 0.653. The van der Waals surface area contributed by atoms with Crippen molar-refractivity contribution in [3.05, 3.63) is 168 Å². The Kier molecular flexibility index (Phi) is 6.60. The zero-order valence-electron chi connectivity index (χ0n) is 22.6. The van der Waals surface area contributed by atoms with Gasteiger partial charge in [-0.2, -0.15) is 0 Å². The topological polar surface area (TPSA) is 0 Å². The Balaban J connectivity index is 1.43. The first-order chi connectivity index (χ1) is 19.8. The summed E-state index contributed by atoms with van der Waals surface area (Å²) in [5.74, 6) is 0.567. The molecular formula is C40H32. The van der Waals surface area contributed by atoms with E-state index in [0.717, 1.165) is 19.3 Å².